The molecule has 0 aliphatic carbocycles. The summed E-state index contributed by atoms with van der Waals surface area (Å²) in [5.74, 6) is 0. The number of hydrogen-bond donors (Lipinski definition) is 0. The number of hydrogen-bond acceptors (Lipinski definition) is 1. The van der Waals surface area contributed by atoms with Crippen molar-refractivity contribution in [3.05, 3.63) is 61.0 Å². The van der Waals surface area contributed by atoms with E-state index in [4.69, 9.17) is 58.0 Å². The molecule has 0 saturated heterocycles. The second kappa shape index (κ2) is 8.44. The summed E-state index contributed by atoms with van der Waals surface area (Å²) in [6, 6.07) is 9.25. The van der Waals surface area contributed by atoms with Crippen molar-refractivity contribution in [3.63, 3.8) is 0 Å². The van der Waals surface area contributed by atoms with Gasteiger partial charge in [-0.15, -0.1) is 0 Å². The summed E-state index contributed by atoms with van der Waals surface area (Å²) < 4.78 is 0. The van der Waals surface area contributed by atoms with Crippen LogP contribution >= 0.6 is 66.6 Å². The SMILES string of the molecule is O=C(Pc1ccccc1)c1c(Cl)c(Cl)c(Cl)c(Cl)c1Cl.[Li]. The van der Waals surface area contributed by atoms with Crippen molar-refractivity contribution < 1.29 is 4.79 Å². The molecule has 8 heteroatoms. The summed E-state index contributed by atoms with van der Waals surface area (Å²) >= 11 is 29.9. The Hall–Kier alpha value is 0.587. The van der Waals surface area contributed by atoms with Crippen LogP contribution in [0.5, 0.6) is 0 Å². The van der Waals surface area contributed by atoms with Crippen molar-refractivity contribution in [1.82, 2.24) is 0 Å². The summed E-state index contributed by atoms with van der Waals surface area (Å²) in [5.41, 5.74) is -0.137. The number of carbonyl (C=O) groups excluding carboxylic acids is 1. The van der Waals surface area contributed by atoms with E-state index in [0.717, 1.165) is 5.30 Å². The Morgan fingerprint density at radius 1 is 0.762 bits per heavy atom. The Labute approximate surface area is 161 Å². The first kappa shape index (κ1) is 19.6. The van der Waals surface area contributed by atoms with Gasteiger partial charge in [-0.1, -0.05) is 88.3 Å². The third-order valence-corrected chi connectivity index (χ3v) is 5.84. The van der Waals surface area contributed by atoms with Crippen molar-refractivity contribution in [2.24, 2.45) is 0 Å². The van der Waals surface area contributed by atoms with Crippen molar-refractivity contribution >= 4 is 96.3 Å². The van der Waals surface area contributed by atoms with Crippen LogP contribution in [0.25, 0.3) is 0 Å². The van der Waals surface area contributed by atoms with Gasteiger partial charge < -0.3 is 0 Å². The molecule has 0 aromatic heterocycles. The Bertz CT molecular complexity index is 649. The normalized spacial score (nSPS) is 10.7. The molecule has 0 saturated carbocycles. The molecule has 0 fully saturated rings. The van der Waals surface area contributed by atoms with Gasteiger partial charge in [0.15, 0.2) is 5.52 Å². The van der Waals surface area contributed by atoms with Gasteiger partial charge in [-0.2, -0.15) is 0 Å². The van der Waals surface area contributed by atoms with Crippen LogP contribution in [0, 0.1) is 0 Å². The van der Waals surface area contributed by atoms with E-state index in [1.54, 1.807) is 0 Å². The monoisotopic (exact) mass is 391 g/mol. The minimum atomic E-state index is -0.244. The maximum atomic E-state index is 12.4. The number of carbonyl (C=O) groups is 1. The Balaban J connectivity index is 0.00000220. The quantitative estimate of drug-likeness (QED) is 0.282. The summed E-state index contributed by atoms with van der Waals surface area (Å²) in [4.78, 5) is 12.4. The molecule has 2 rings (SSSR count). The average Bonchev–Trinajstić information content (AvgIpc) is 2.44. The van der Waals surface area contributed by atoms with Gasteiger partial charge in [-0.25, -0.2) is 0 Å². The first-order valence-corrected chi connectivity index (χ1v) is 8.20. The summed E-state index contributed by atoms with van der Waals surface area (Å²) in [7, 11) is -0.130. The third-order valence-electron chi connectivity index (χ3n) is 2.47. The van der Waals surface area contributed by atoms with Crippen LogP contribution in [0.2, 0.25) is 25.1 Å². The van der Waals surface area contributed by atoms with Crippen molar-refractivity contribution in [2.75, 3.05) is 0 Å². The molecule has 0 N–H and O–H groups in total. The first-order valence-electron chi connectivity index (χ1n) is 5.31. The van der Waals surface area contributed by atoms with Crippen molar-refractivity contribution in [2.45, 2.75) is 0 Å². The van der Waals surface area contributed by atoms with Gasteiger partial charge >= 0.3 is 0 Å². The topological polar surface area (TPSA) is 17.1 Å². The van der Waals surface area contributed by atoms with Crippen LogP contribution in [0.1, 0.15) is 10.4 Å². The van der Waals surface area contributed by atoms with Crippen molar-refractivity contribution in [3.8, 4) is 0 Å². The molecule has 105 valence electrons. The Kier molecular flexibility index (Phi) is 7.89. The molecule has 1 nitrogen and oxygen atoms in total. The first-order chi connectivity index (χ1) is 9.43. The minimum absolute atomic E-state index is 0. The molecule has 0 aliphatic heterocycles. The van der Waals surface area contributed by atoms with E-state index in [1.165, 1.54) is 0 Å². The maximum absolute atomic E-state index is 12.4. The fourth-order valence-corrected chi connectivity index (χ4v) is 3.98. The van der Waals surface area contributed by atoms with Crippen LogP contribution in [0.4, 0.5) is 0 Å². The Morgan fingerprint density at radius 2 is 1.19 bits per heavy atom. The van der Waals surface area contributed by atoms with E-state index in [0.29, 0.717) is 0 Å². The molecule has 1 atom stereocenters. The number of benzene rings is 2. The molecule has 21 heavy (non-hydrogen) atoms. The van der Waals surface area contributed by atoms with Crippen LogP contribution < -0.4 is 5.30 Å². The molecule has 0 bridgehead atoms. The van der Waals surface area contributed by atoms with Crippen LogP contribution in [0.15, 0.2) is 30.3 Å². The second-order valence-electron chi connectivity index (χ2n) is 3.77. The van der Waals surface area contributed by atoms with E-state index in [2.05, 4.69) is 0 Å². The zero-order chi connectivity index (χ0) is 14.9. The number of halogens is 5. The summed E-state index contributed by atoms with van der Waals surface area (Å²) in [6.07, 6.45) is 0. The molecule has 1 radical (unpaired) electrons. The molecule has 0 aliphatic rings. The summed E-state index contributed by atoms with van der Waals surface area (Å²) in [5, 5.41) is 1.03. The molecule has 0 heterocycles. The van der Waals surface area contributed by atoms with Gasteiger partial charge in [0.25, 0.3) is 0 Å². The zero-order valence-electron chi connectivity index (χ0n) is 10.7. The van der Waals surface area contributed by atoms with Gasteiger partial charge in [-0.3, -0.25) is 4.79 Å². The maximum Gasteiger partial charge on any atom is 0.188 e. The fourth-order valence-electron chi connectivity index (χ4n) is 1.52. The van der Waals surface area contributed by atoms with E-state index >= 15 is 0 Å². The largest absolute Gasteiger partial charge is 0.289 e. The zero-order valence-corrected chi connectivity index (χ0v) is 15.5. The fraction of sp³-hybridized carbons (Fsp3) is 0. The molecule has 1 unspecified atom stereocenters. The molecular weight excluding hydrogens is 387 g/mol. The molecule has 2 aromatic carbocycles. The van der Waals surface area contributed by atoms with Crippen LogP contribution in [0.3, 0.4) is 0 Å². The average molecular weight is 393 g/mol. The number of rotatable bonds is 3. The predicted molar refractivity (Wildman–Crippen MR) is 96.0 cm³/mol. The molecule has 0 spiro atoms. The standard InChI is InChI=1S/C13H6Cl5OP.Li/c14-8-7(9(15)11(17)12(18)10(8)16)13(19)20-6-4-2-1-3-5-6;/h1-5,20H;. The summed E-state index contributed by atoms with van der Waals surface area (Å²) in [6.45, 7) is 0. The van der Waals surface area contributed by atoms with Crippen LogP contribution in [-0.4, -0.2) is 24.4 Å². The predicted octanol–water partition coefficient (Wildman–Crippen LogP) is 5.72. The van der Waals surface area contributed by atoms with E-state index in [1.807, 2.05) is 30.3 Å². The van der Waals surface area contributed by atoms with Crippen LogP contribution in [-0.2, 0) is 0 Å². The minimum Gasteiger partial charge on any atom is -0.289 e. The van der Waals surface area contributed by atoms with Gasteiger partial charge in [0.05, 0.1) is 30.7 Å². The van der Waals surface area contributed by atoms with Gasteiger partial charge in [-0.05, 0) is 13.9 Å². The van der Waals surface area contributed by atoms with E-state index in [9.17, 15) is 4.79 Å². The van der Waals surface area contributed by atoms with Gasteiger partial charge in [0, 0.05) is 18.9 Å². The van der Waals surface area contributed by atoms with E-state index in [-0.39, 0.29) is 63.6 Å². The van der Waals surface area contributed by atoms with Crippen molar-refractivity contribution in [1.29, 1.82) is 0 Å². The second-order valence-corrected chi connectivity index (χ2v) is 6.94. The third kappa shape index (κ3) is 4.32. The Morgan fingerprint density at radius 3 is 1.67 bits per heavy atom. The van der Waals surface area contributed by atoms with E-state index < -0.39 is 0 Å². The van der Waals surface area contributed by atoms with Gasteiger partial charge in [0.1, 0.15) is 0 Å². The van der Waals surface area contributed by atoms with Gasteiger partial charge in [0.2, 0.25) is 0 Å². The molecular formula is C13H6Cl5LiOP. The molecule has 2 aromatic rings. The smallest absolute Gasteiger partial charge is 0.188 e. The molecule has 0 amide bonds.